The largest absolute Gasteiger partial charge is 1.00 e. The van der Waals surface area contributed by atoms with Crippen molar-refractivity contribution in [2.24, 2.45) is 0 Å². The van der Waals surface area contributed by atoms with Crippen LogP contribution < -0.4 is 90.2 Å². The number of carbonyl (C=O) groups excluding carboxylic acids is 7. The zero-order chi connectivity index (χ0) is 76.1. The number of phosphoric acid groups is 2. The number of allylic oxidation sites excluding steroid dienone is 4. The Morgan fingerprint density at radius 2 is 0.752 bits per heavy atom. The van der Waals surface area contributed by atoms with E-state index in [1.54, 1.807) is 0 Å². The molecule has 5 N–H and O–H groups in total. The Morgan fingerprint density at radius 3 is 1.20 bits per heavy atom. The van der Waals surface area contributed by atoms with E-state index in [-0.39, 0.29) is 136 Å². The fourth-order valence-electron chi connectivity index (χ4n) is 11.1. The molecule has 0 aliphatic carbocycles. The van der Waals surface area contributed by atoms with Crippen LogP contribution in [-0.4, -0.2) is 143 Å². The molecule has 7 atom stereocenters. The summed E-state index contributed by atoms with van der Waals surface area (Å²) in [7, 11) is -10.1. The van der Waals surface area contributed by atoms with Gasteiger partial charge in [0.15, 0.2) is 0 Å². The molecule has 0 aromatic heterocycles. The summed E-state index contributed by atoms with van der Waals surface area (Å²) in [6, 6.07) is -2.05. The van der Waals surface area contributed by atoms with Gasteiger partial charge in [-0.15, -0.1) is 0 Å². The Labute approximate surface area is 678 Å². The van der Waals surface area contributed by atoms with Gasteiger partial charge in [-0.2, -0.15) is 0 Å². The molecule has 0 aliphatic heterocycles. The van der Waals surface area contributed by atoms with Crippen molar-refractivity contribution in [2.75, 3.05) is 65.9 Å². The Morgan fingerprint density at radius 1 is 0.381 bits per heavy atom. The van der Waals surface area contributed by atoms with Crippen molar-refractivity contribution in [3.63, 3.8) is 0 Å². The molecule has 602 valence electrons. The van der Waals surface area contributed by atoms with Crippen molar-refractivity contribution in [3.05, 3.63) is 24.3 Å². The van der Waals surface area contributed by atoms with Crippen molar-refractivity contribution in [1.82, 2.24) is 21.3 Å². The molecule has 0 bridgehead atoms. The summed E-state index contributed by atoms with van der Waals surface area (Å²) in [5.74, 6) is -3.73. The van der Waals surface area contributed by atoms with Crippen LogP contribution in [0.25, 0.3) is 0 Å². The van der Waals surface area contributed by atoms with E-state index < -0.39 is 115 Å². The van der Waals surface area contributed by atoms with Crippen molar-refractivity contribution < 1.29 is 154 Å². The first-order valence-corrected chi connectivity index (χ1v) is 43.0. The number of Topliss-reactive ketones (excluding diaryl/α,β-unsaturated/α-hetero) is 1. The predicted octanol–water partition coefficient (Wildman–Crippen LogP) is 8.77. The van der Waals surface area contributed by atoms with Crippen LogP contribution in [0, 0.1) is 0 Å². The number of carbonyl (C=O) groups is 7. The van der Waals surface area contributed by atoms with E-state index in [1.165, 1.54) is 38.5 Å². The summed E-state index contributed by atoms with van der Waals surface area (Å²) in [5.41, 5.74) is 0. The Kier molecular flexibility index (Phi) is 77.7. The second kappa shape index (κ2) is 76.1. The summed E-state index contributed by atoms with van der Waals surface area (Å²) >= 11 is 0. The van der Waals surface area contributed by atoms with Gasteiger partial charge in [0.2, 0.25) is 23.6 Å². The van der Waals surface area contributed by atoms with E-state index >= 15 is 0 Å². The third-order valence-corrected chi connectivity index (χ3v) is 19.1. The summed E-state index contributed by atoms with van der Waals surface area (Å²) in [6.07, 6.45) is 42.7. The molecule has 0 radical (unpaired) electrons. The standard InChI is InChI=1S/C77H144N4O20P2.2Na/c1-7-13-19-25-27-29-31-37-43-49-76(88)100-70(47-41-35-23-17-11-5)52-56-95-63-66(80-74(86)59-69(83)46-40-34-22-16-10-4)64-98-102(90,91)96-57-53-78-72(84)61-73(85)79-54-58-97-103(92,93)99-65-67(62-94-55-51-68(82)45-39-33-21-15-9-3)81-75(87)60-71(48-42-36-24-18-12-6)101-77(89)50-44-38-32-30-28-26-20-14-8-2;;/h29-32,66-68,70-71,82H,7-28,33-65H2,1-6H3,(H,78,84)(H,79,85)(H,80,86)(H,81,87)(H,90,91)(H,92,93);;/q;2*+1/p-2/b31-29-,32-30-;;/t66?,67?,68-,70-,71-;;/m1../s1. The summed E-state index contributed by atoms with van der Waals surface area (Å²) in [5, 5.41) is 20.7. The second-order valence-electron chi connectivity index (χ2n) is 27.3. The van der Waals surface area contributed by atoms with E-state index in [2.05, 4.69) is 87.1 Å². The normalized spacial score (nSPS) is 14.1. The van der Waals surface area contributed by atoms with Gasteiger partial charge in [-0.1, -0.05) is 214 Å². The third-order valence-electron chi connectivity index (χ3n) is 17.2. The van der Waals surface area contributed by atoms with Gasteiger partial charge in [0.05, 0.1) is 77.3 Å². The van der Waals surface area contributed by atoms with Gasteiger partial charge < -0.3 is 73.2 Å². The molecular formula is C77H142N4Na2O20P2. The van der Waals surface area contributed by atoms with Crippen LogP contribution in [0.4, 0.5) is 0 Å². The topological polar surface area (TPSA) is 342 Å². The van der Waals surface area contributed by atoms with E-state index in [1.807, 2.05) is 0 Å². The summed E-state index contributed by atoms with van der Waals surface area (Å²) in [6.45, 7) is 9.54. The van der Waals surface area contributed by atoms with Gasteiger partial charge in [0.1, 0.15) is 24.4 Å². The van der Waals surface area contributed by atoms with Gasteiger partial charge in [-0.3, -0.25) is 42.7 Å². The van der Waals surface area contributed by atoms with E-state index in [9.17, 15) is 57.6 Å². The minimum atomic E-state index is -5.07. The number of hydrogen-bond donors (Lipinski definition) is 5. The Hall–Kier alpha value is -1.93. The first-order valence-electron chi connectivity index (χ1n) is 40.1. The van der Waals surface area contributed by atoms with Crippen molar-refractivity contribution in [1.29, 1.82) is 0 Å². The van der Waals surface area contributed by atoms with E-state index in [0.717, 1.165) is 161 Å². The Balaban J connectivity index is -0.0000520. The van der Waals surface area contributed by atoms with Gasteiger partial charge in [-0.05, 0) is 96.3 Å². The summed E-state index contributed by atoms with van der Waals surface area (Å²) in [4.78, 5) is 117. The minimum Gasteiger partial charge on any atom is -0.756 e. The molecule has 0 fully saturated rings. The number of esters is 2. The van der Waals surface area contributed by atoms with Gasteiger partial charge in [0, 0.05) is 45.4 Å². The molecule has 0 aliphatic rings. The quantitative estimate of drug-likeness (QED) is 0.00948. The third kappa shape index (κ3) is 73.3. The predicted molar refractivity (Wildman–Crippen MR) is 401 cm³/mol. The monoisotopic (exact) mass is 1550 g/mol. The number of amides is 4. The van der Waals surface area contributed by atoms with Crippen LogP contribution in [0.1, 0.15) is 330 Å². The zero-order valence-electron chi connectivity index (χ0n) is 66.7. The number of phosphoric ester groups is 2. The number of aliphatic hydroxyl groups is 1. The average Bonchev–Trinajstić information content (AvgIpc) is 0.919. The Bertz CT molecular complexity index is 2310. The second-order valence-corrected chi connectivity index (χ2v) is 30.1. The van der Waals surface area contributed by atoms with Crippen LogP contribution in [0.3, 0.4) is 0 Å². The molecule has 0 spiro atoms. The van der Waals surface area contributed by atoms with Crippen LogP contribution in [0.5, 0.6) is 0 Å². The van der Waals surface area contributed by atoms with Gasteiger partial charge in [-0.25, -0.2) is 0 Å². The van der Waals surface area contributed by atoms with Crippen LogP contribution >= 0.6 is 15.6 Å². The molecule has 0 saturated carbocycles. The maximum absolute atomic E-state index is 13.6. The number of ether oxygens (including phenoxy) is 4. The molecular weight excluding hydrogens is 1410 g/mol. The van der Waals surface area contributed by atoms with Crippen LogP contribution in [-0.2, 0) is 79.7 Å². The number of hydrogen-bond acceptors (Lipinski definition) is 20. The van der Waals surface area contributed by atoms with Crippen LogP contribution in [0.15, 0.2) is 24.3 Å². The van der Waals surface area contributed by atoms with Crippen molar-refractivity contribution in [3.8, 4) is 0 Å². The number of rotatable bonds is 76. The minimum absolute atomic E-state index is 0. The van der Waals surface area contributed by atoms with Crippen molar-refractivity contribution >= 4 is 57.0 Å². The molecule has 105 heavy (non-hydrogen) atoms. The maximum Gasteiger partial charge on any atom is 1.00 e. The number of aliphatic hydroxyl groups excluding tert-OH is 1. The van der Waals surface area contributed by atoms with Crippen molar-refractivity contribution in [2.45, 2.75) is 361 Å². The molecule has 0 rings (SSSR count). The van der Waals surface area contributed by atoms with Crippen LogP contribution in [0.2, 0.25) is 0 Å². The first-order chi connectivity index (χ1) is 49.7. The molecule has 0 aromatic rings. The maximum atomic E-state index is 13.6. The SMILES string of the molecule is CCCCCC/C=C\CCCC(=O)O[C@H](CCCCCCC)CCOCC(COP(=O)([O-])OCCNC(=O)CC(=O)NCCOP(=O)([O-])OCC(COCC[C@H](O)CCCCCCC)NC(=O)C[C@@H](CCCCCCC)OC(=O)CCC/C=C\CCCCCC)NC(=O)CC(=O)CCCCCCC.[Na+].[Na+]. The molecule has 4 unspecified atom stereocenters. The zero-order valence-corrected chi connectivity index (χ0v) is 72.5. The average molecular weight is 1550 g/mol. The molecule has 28 heteroatoms. The van der Waals surface area contributed by atoms with Gasteiger partial charge in [0.25, 0.3) is 15.6 Å². The molecule has 4 amide bonds. The number of unbranched alkanes of at least 4 members (excludes halogenated alkanes) is 26. The van der Waals surface area contributed by atoms with E-state index in [0.29, 0.717) is 51.4 Å². The smallest absolute Gasteiger partial charge is 0.756 e. The molecule has 0 saturated heterocycles. The molecule has 0 heterocycles. The first kappa shape index (κ1) is 107. The number of nitrogens with one attached hydrogen (secondary N) is 4. The molecule has 0 aromatic carbocycles. The number of ketones is 1. The van der Waals surface area contributed by atoms with Gasteiger partial charge >= 0.3 is 71.1 Å². The molecule has 24 nitrogen and oxygen atoms in total. The fourth-order valence-corrected chi connectivity index (χ4v) is 12.6. The fraction of sp³-hybridized carbons (Fsp3) is 0.857. The summed E-state index contributed by atoms with van der Waals surface area (Å²) < 4.78 is 69.7. The van der Waals surface area contributed by atoms with E-state index in [4.69, 9.17) is 37.0 Å².